The molecule has 2 aromatic rings. The Morgan fingerprint density at radius 1 is 1.28 bits per heavy atom. The van der Waals surface area contributed by atoms with Gasteiger partial charge < -0.3 is 9.88 Å². The average molecular weight is 242 g/mol. The lowest BCUT2D eigenvalue weighted by molar-refractivity contribution is 0.0895. The van der Waals surface area contributed by atoms with Crippen molar-refractivity contribution in [2.75, 3.05) is 13.1 Å². The second kappa shape index (κ2) is 4.58. The average Bonchev–Trinajstić information content (AvgIpc) is 2.80. The predicted octanol–water partition coefficient (Wildman–Crippen LogP) is 2.36. The first-order valence-electron chi connectivity index (χ1n) is 6.56. The minimum Gasteiger partial charge on any atom is -0.351 e. The Labute approximate surface area is 107 Å². The Balaban J connectivity index is 1.91. The topological polar surface area (TPSA) is 34.0 Å². The molecule has 2 heterocycles. The molecule has 0 radical (unpaired) electrons. The van der Waals surface area contributed by atoms with Crippen LogP contribution < -0.4 is 5.32 Å². The van der Waals surface area contributed by atoms with Gasteiger partial charge in [0.05, 0.1) is 0 Å². The van der Waals surface area contributed by atoms with E-state index in [2.05, 4.69) is 16.0 Å². The summed E-state index contributed by atoms with van der Waals surface area (Å²) in [5.41, 5.74) is 2.04. The number of aromatic nitrogens is 1. The smallest absolute Gasteiger partial charge is 0.166 e. The van der Waals surface area contributed by atoms with E-state index in [-0.39, 0.29) is 5.92 Å². The molecule has 1 aromatic carbocycles. The van der Waals surface area contributed by atoms with Gasteiger partial charge in [-0.15, -0.1) is 0 Å². The molecule has 3 rings (SSSR count). The van der Waals surface area contributed by atoms with Gasteiger partial charge in [0.2, 0.25) is 0 Å². The zero-order valence-corrected chi connectivity index (χ0v) is 10.6. The third-order valence-corrected chi connectivity index (χ3v) is 3.88. The summed E-state index contributed by atoms with van der Waals surface area (Å²) >= 11 is 0. The molecule has 0 bridgehead atoms. The summed E-state index contributed by atoms with van der Waals surface area (Å²) in [4.78, 5) is 12.4. The summed E-state index contributed by atoms with van der Waals surface area (Å²) < 4.78 is 2.08. The molecular formula is C15H18N2O. The third kappa shape index (κ3) is 1.95. The van der Waals surface area contributed by atoms with Crippen LogP contribution >= 0.6 is 0 Å². The van der Waals surface area contributed by atoms with Crippen molar-refractivity contribution in [3.05, 3.63) is 36.0 Å². The minimum atomic E-state index is 0.201. The quantitative estimate of drug-likeness (QED) is 0.820. The van der Waals surface area contributed by atoms with E-state index in [1.165, 1.54) is 5.52 Å². The minimum absolute atomic E-state index is 0.201. The zero-order valence-electron chi connectivity index (χ0n) is 10.6. The Morgan fingerprint density at radius 2 is 2.06 bits per heavy atom. The molecule has 0 unspecified atom stereocenters. The van der Waals surface area contributed by atoms with Crippen LogP contribution in [0.1, 0.15) is 23.2 Å². The van der Waals surface area contributed by atoms with Crippen molar-refractivity contribution < 1.29 is 4.79 Å². The second-order valence-corrected chi connectivity index (χ2v) is 5.09. The molecule has 0 aliphatic carbocycles. The number of hydrogen-bond acceptors (Lipinski definition) is 2. The van der Waals surface area contributed by atoms with E-state index in [0.717, 1.165) is 36.9 Å². The lowest BCUT2D eigenvalue weighted by Gasteiger charge is -2.21. The van der Waals surface area contributed by atoms with Gasteiger partial charge in [-0.2, -0.15) is 0 Å². The molecule has 18 heavy (non-hydrogen) atoms. The van der Waals surface area contributed by atoms with Gasteiger partial charge in [-0.1, -0.05) is 0 Å². The fraction of sp³-hybridized carbons (Fsp3) is 0.400. The number of piperidine rings is 1. The van der Waals surface area contributed by atoms with E-state index in [0.29, 0.717) is 5.78 Å². The van der Waals surface area contributed by atoms with Crippen LogP contribution in [-0.4, -0.2) is 23.4 Å². The molecule has 1 saturated heterocycles. The normalized spacial score (nSPS) is 17.2. The number of benzene rings is 1. The monoisotopic (exact) mass is 242 g/mol. The maximum Gasteiger partial charge on any atom is 0.166 e. The number of ketones is 1. The largest absolute Gasteiger partial charge is 0.351 e. The number of carbonyl (C=O) groups is 1. The molecule has 0 saturated carbocycles. The maximum absolute atomic E-state index is 12.4. The number of aryl methyl sites for hydroxylation is 1. The van der Waals surface area contributed by atoms with Gasteiger partial charge in [0.1, 0.15) is 0 Å². The van der Waals surface area contributed by atoms with Gasteiger partial charge in [-0.25, -0.2) is 0 Å². The highest BCUT2D eigenvalue weighted by atomic mass is 16.1. The van der Waals surface area contributed by atoms with Crippen molar-refractivity contribution in [1.29, 1.82) is 0 Å². The Hall–Kier alpha value is -1.61. The van der Waals surface area contributed by atoms with Crippen LogP contribution in [0.2, 0.25) is 0 Å². The highest BCUT2D eigenvalue weighted by Gasteiger charge is 2.22. The molecule has 0 spiro atoms. The van der Waals surface area contributed by atoms with Gasteiger partial charge in [-0.05, 0) is 50.2 Å². The van der Waals surface area contributed by atoms with Gasteiger partial charge in [0.15, 0.2) is 5.78 Å². The standard InChI is InChI=1S/C15H18N2O/c1-17-9-6-12-10-13(2-3-14(12)17)15(18)11-4-7-16-8-5-11/h2-3,6,9-11,16H,4-5,7-8H2,1H3. The number of nitrogens with one attached hydrogen (secondary N) is 1. The molecule has 1 aromatic heterocycles. The number of rotatable bonds is 2. The van der Waals surface area contributed by atoms with Crippen LogP contribution in [0, 0.1) is 5.92 Å². The van der Waals surface area contributed by atoms with Crippen molar-refractivity contribution in [2.45, 2.75) is 12.8 Å². The Morgan fingerprint density at radius 3 is 2.83 bits per heavy atom. The molecular weight excluding hydrogens is 224 g/mol. The molecule has 3 nitrogen and oxygen atoms in total. The third-order valence-electron chi connectivity index (χ3n) is 3.88. The molecule has 1 fully saturated rings. The number of Topliss-reactive ketones (excluding diaryl/α,β-unsaturated/α-hetero) is 1. The van der Waals surface area contributed by atoms with Crippen LogP contribution in [0.3, 0.4) is 0 Å². The highest BCUT2D eigenvalue weighted by molar-refractivity contribution is 6.01. The predicted molar refractivity (Wildman–Crippen MR) is 72.8 cm³/mol. The fourth-order valence-corrected chi connectivity index (χ4v) is 2.75. The maximum atomic E-state index is 12.4. The van der Waals surface area contributed by atoms with Crippen molar-refractivity contribution in [3.63, 3.8) is 0 Å². The van der Waals surface area contributed by atoms with Crippen LogP contribution in [0.5, 0.6) is 0 Å². The molecule has 0 amide bonds. The number of hydrogen-bond donors (Lipinski definition) is 1. The highest BCUT2D eigenvalue weighted by Crippen LogP contribution is 2.22. The number of nitrogens with zero attached hydrogens (tertiary/aromatic N) is 1. The van der Waals surface area contributed by atoms with Crippen LogP contribution in [0.25, 0.3) is 10.9 Å². The summed E-state index contributed by atoms with van der Waals surface area (Å²) in [7, 11) is 2.02. The fourth-order valence-electron chi connectivity index (χ4n) is 2.75. The first-order valence-corrected chi connectivity index (χ1v) is 6.56. The van der Waals surface area contributed by atoms with Crippen LogP contribution in [0.15, 0.2) is 30.5 Å². The van der Waals surface area contributed by atoms with Gasteiger partial charge in [0, 0.05) is 35.6 Å². The molecule has 0 atom stereocenters. The first-order chi connectivity index (χ1) is 8.75. The van der Waals surface area contributed by atoms with Crippen molar-refractivity contribution in [1.82, 2.24) is 9.88 Å². The Bertz CT molecular complexity index is 579. The molecule has 1 aliphatic heterocycles. The molecule has 3 heteroatoms. The van der Waals surface area contributed by atoms with Crippen molar-refractivity contribution in [3.8, 4) is 0 Å². The lowest BCUT2D eigenvalue weighted by Crippen LogP contribution is -2.31. The van der Waals surface area contributed by atoms with E-state index in [1.54, 1.807) is 0 Å². The van der Waals surface area contributed by atoms with Gasteiger partial charge >= 0.3 is 0 Å². The molecule has 1 aliphatic rings. The molecule has 94 valence electrons. The summed E-state index contributed by atoms with van der Waals surface area (Å²) in [6.07, 6.45) is 3.96. The van der Waals surface area contributed by atoms with E-state index in [1.807, 2.05) is 31.4 Å². The van der Waals surface area contributed by atoms with E-state index >= 15 is 0 Å². The second-order valence-electron chi connectivity index (χ2n) is 5.09. The molecule has 1 N–H and O–H groups in total. The van der Waals surface area contributed by atoms with Crippen molar-refractivity contribution in [2.24, 2.45) is 13.0 Å². The Kier molecular flexibility index (Phi) is 2.92. The summed E-state index contributed by atoms with van der Waals surface area (Å²) in [6, 6.07) is 8.10. The number of carbonyl (C=O) groups excluding carboxylic acids is 1. The van der Waals surface area contributed by atoms with Crippen LogP contribution in [0.4, 0.5) is 0 Å². The summed E-state index contributed by atoms with van der Waals surface area (Å²) in [5, 5.41) is 4.45. The van der Waals surface area contributed by atoms with E-state index in [9.17, 15) is 4.79 Å². The lowest BCUT2D eigenvalue weighted by atomic mass is 9.89. The number of fused-ring (bicyclic) bond motifs is 1. The first kappa shape index (κ1) is 11.5. The summed E-state index contributed by atoms with van der Waals surface area (Å²) in [5.74, 6) is 0.509. The van der Waals surface area contributed by atoms with Crippen LogP contribution in [-0.2, 0) is 7.05 Å². The van der Waals surface area contributed by atoms with Gasteiger partial charge in [0.25, 0.3) is 0 Å². The summed E-state index contributed by atoms with van der Waals surface area (Å²) in [6.45, 7) is 1.92. The van der Waals surface area contributed by atoms with Gasteiger partial charge in [-0.3, -0.25) is 4.79 Å². The zero-order chi connectivity index (χ0) is 12.5. The SMILES string of the molecule is Cn1ccc2cc(C(=O)C3CCNCC3)ccc21. The van der Waals surface area contributed by atoms with Crippen molar-refractivity contribution >= 4 is 16.7 Å². The van der Waals surface area contributed by atoms with E-state index < -0.39 is 0 Å². The van der Waals surface area contributed by atoms with E-state index in [4.69, 9.17) is 0 Å².